The van der Waals surface area contributed by atoms with E-state index < -0.39 is 0 Å². The highest BCUT2D eigenvalue weighted by atomic mass is 16.5. The molecule has 3 heterocycles. The predicted octanol–water partition coefficient (Wildman–Crippen LogP) is 4.61. The second-order valence-electron chi connectivity index (χ2n) is 8.49. The zero-order chi connectivity index (χ0) is 24.4. The summed E-state index contributed by atoms with van der Waals surface area (Å²) in [7, 11) is 1.64. The number of nitrogens with zero attached hydrogens (tertiary/aromatic N) is 5. The Morgan fingerprint density at radius 1 is 1.09 bits per heavy atom. The number of ether oxygens (including phenoxy) is 1. The summed E-state index contributed by atoms with van der Waals surface area (Å²) >= 11 is 0. The van der Waals surface area contributed by atoms with E-state index in [2.05, 4.69) is 51.7 Å². The van der Waals surface area contributed by atoms with E-state index in [-0.39, 0.29) is 12.5 Å². The number of aromatic nitrogens is 5. The molecule has 1 amide bonds. The minimum Gasteiger partial charge on any atom is -0.497 e. The number of fused-ring (bicyclic) bond motifs is 1. The first-order chi connectivity index (χ1) is 17.0. The Bertz CT molecular complexity index is 1500. The molecule has 2 aromatic carbocycles. The smallest absolute Gasteiger partial charge is 0.246 e. The number of pyridine rings is 1. The maximum atomic E-state index is 12.8. The lowest BCUT2D eigenvalue weighted by molar-refractivity contribution is -0.116. The van der Waals surface area contributed by atoms with Crippen LogP contribution < -0.4 is 10.1 Å². The highest BCUT2D eigenvalue weighted by molar-refractivity contribution is 5.96. The Labute approximate surface area is 203 Å². The van der Waals surface area contributed by atoms with Gasteiger partial charge in [0, 0.05) is 17.8 Å². The van der Waals surface area contributed by atoms with Crippen molar-refractivity contribution in [2.75, 3.05) is 12.4 Å². The Hall–Kier alpha value is -4.46. The molecule has 0 unspecified atom stereocenters. The lowest BCUT2D eigenvalue weighted by Gasteiger charge is -2.06. The molecule has 0 saturated heterocycles. The van der Waals surface area contributed by atoms with Gasteiger partial charge in [-0.25, -0.2) is 9.67 Å². The van der Waals surface area contributed by atoms with E-state index in [1.54, 1.807) is 35.1 Å². The fraction of sp³-hybridized carbons (Fsp3) is 0.185. The van der Waals surface area contributed by atoms with Gasteiger partial charge in [0.05, 0.1) is 31.2 Å². The zero-order valence-corrected chi connectivity index (χ0v) is 19.9. The zero-order valence-electron chi connectivity index (χ0n) is 19.9. The summed E-state index contributed by atoms with van der Waals surface area (Å²) in [6.07, 6.45) is 5.20. The Morgan fingerprint density at radius 3 is 2.71 bits per heavy atom. The van der Waals surface area contributed by atoms with Crippen molar-refractivity contribution in [3.8, 4) is 16.9 Å². The Kier molecular flexibility index (Phi) is 6.01. The van der Waals surface area contributed by atoms with Gasteiger partial charge in [0.25, 0.3) is 0 Å². The SMILES string of the molecule is COc1cccc(Cn2cc(NC(=O)Cn3nc(C)c4c(-c5ccc(C)cc5)ccnc43)cn2)c1. The molecular formula is C27H26N6O2. The Morgan fingerprint density at radius 2 is 1.91 bits per heavy atom. The number of hydrogen-bond donors (Lipinski definition) is 1. The molecule has 8 heteroatoms. The molecule has 0 spiro atoms. The van der Waals surface area contributed by atoms with Crippen LogP contribution in [0.15, 0.2) is 73.2 Å². The van der Waals surface area contributed by atoms with E-state index in [1.165, 1.54) is 5.56 Å². The summed E-state index contributed by atoms with van der Waals surface area (Å²) in [5, 5.41) is 12.8. The van der Waals surface area contributed by atoms with Crippen molar-refractivity contribution in [1.29, 1.82) is 0 Å². The topological polar surface area (TPSA) is 86.9 Å². The van der Waals surface area contributed by atoms with Gasteiger partial charge >= 0.3 is 0 Å². The monoisotopic (exact) mass is 466 g/mol. The number of amides is 1. The van der Waals surface area contributed by atoms with Crippen LogP contribution >= 0.6 is 0 Å². The van der Waals surface area contributed by atoms with Crippen LogP contribution in [-0.4, -0.2) is 37.6 Å². The third-order valence-corrected chi connectivity index (χ3v) is 5.86. The first kappa shape index (κ1) is 22.3. The summed E-state index contributed by atoms with van der Waals surface area (Å²) in [5.74, 6) is 0.599. The molecule has 0 fully saturated rings. The molecule has 0 saturated carbocycles. The van der Waals surface area contributed by atoms with Gasteiger partial charge in [-0.3, -0.25) is 9.48 Å². The molecule has 3 aromatic heterocycles. The van der Waals surface area contributed by atoms with Gasteiger partial charge < -0.3 is 10.1 Å². The van der Waals surface area contributed by atoms with Crippen LogP contribution in [0.3, 0.4) is 0 Å². The van der Waals surface area contributed by atoms with E-state index in [4.69, 9.17) is 4.74 Å². The third-order valence-electron chi connectivity index (χ3n) is 5.86. The molecule has 35 heavy (non-hydrogen) atoms. The molecule has 0 radical (unpaired) electrons. The molecule has 176 valence electrons. The fourth-order valence-corrected chi connectivity index (χ4v) is 4.17. The van der Waals surface area contributed by atoms with Crippen molar-refractivity contribution in [3.63, 3.8) is 0 Å². The molecule has 0 aliphatic heterocycles. The lowest BCUT2D eigenvalue weighted by Crippen LogP contribution is -2.19. The number of methoxy groups -OCH3 is 1. The van der Waals surface area contributed by atoms with Crippen molar-refractivity contribution in [1.82, 2.24) is 24.5 Å². The first-order valence-electron chi connectivity index (χ1n) is 11.3. The summed E-state index contributed by atoms with van der Waals surface area (Å²) < 4.78 is 8.70. The fourth-order valence-electron chi connectivity index (χ4n) is 4.17. The van der Waals surface area contributed by atoms with Crippen LogP contribution in [0.1, 0.15) is 16.8 Å². The second kappa shape index (κ2) is 9.42. The molecule has 0 aliphatic carbocycles. The van der Waals surface area contributed by atoms with Crippen LogP contribution in [0.2, 0.25) is 0 Å². The lowest BCUT2D eigenvalue weighted by atomic mass is 10.0. The average molecular weight is 467 g/mol. The first-order valence-corrected chi connectivity index (χ1v) is 11.3. The average Bonchev–Trinajstić information content (AvgIpc) is 3.43. The van der Waals surface area contributed by atoms with Gasteiger partial charge in [0.2, 0.25) is 5.91 Å². The number of benzene rings is 2. The van der Waals surface area contributed by atoms with Crippen LogP contribution in [0.5, 0.6) is 5.75 Å². The number of nitrogens with one attached hydrogen (secondary N) is 1. The normalized spacial score (nSPS) is 11.1. The number of carbonyl (C=O) groups is 1. The van der Waals surface area contributed by atoms with Crippen LogP contribution in [0, 0.1) is 13.8 Å². The molecule has 0 atom stereocenters. The summed E-state index contributed by atoms with van der Waals surface area (Å²) in [4.78, 5) is 17.3. The van der Waals surface area contributed by atoms with Gasteiger partial charge in [0.15, 0.2) is 5.65 Å². The number of hydrogen-bond acceptors (Lipinski definition) is 5. The van der Waals surface area contributed by atoms with Crippen molar-refractivity contribution < 1.29 is 9.53 Å². The van der Waals surface area contributed by atoms with E-state index in [0.717, 1.165) is 33.5 Å². The molecule has 1 N–H and O–H groups in total. The van der Waals surface area contributed by atoms with Crippen molar-refractivity contribution in [2.45, 2.75) is 26.9 Å². The van der Waals surface area contributed by atoms with Crippen molar-refractivity contribution >= 4 is 22.6 Å². The number of carbonyl (C=O) groups excluding carboxylic acids is 1. The number of aryl methyl sites for hydroxylation is 2. The maximum absolute atomic E-state index is 12.8. The van der Waals surface area contributed by atoms with Gasteiger partial charge in [0.1, 0.15) is 12.3 Å². The predicted molar refractivity (Wildman–Crippen MR) is 135 cm³/mol. The third kappa shape index (κ3) is 4.77. The van der Waals surface area contributed by atoms with Gasteiger partial charge in [-0.2, -0.15) is 10.2 Å². The highest BCUT2D eigenvalue weighted by Crippen LogP contribution is 2.30. The minimum atomic E-state index is -0.196. The largest absolute Gasteiger partial charge is 0.497 e. The van der Waals surface area contributed by atoms with Crippen LogP contribution in [-0.2, 0) is 17.9 Å². The van der Waals surface area contributed by atoms with E-state index >= 15 is 0 Å². The summed E-state index contributed by atoms with van der Waals surface area (Å²) in [5.41, 5.74) is 6.55. The standard InChI is InChI=1S/C27H26N6O2/c1-18-7-9-21(10-8-18)24-11-12-28-27-26(24)19(2)31-33(27)17-25(34)30-22-14-29-32(16-22)15-20-5-4-6-23(13-20)35-3/h4-14,16H,15,17H2,1-3H3,(H,30,34). The minimum absolute atomic E-state index is 0.0513. The van der Waals surface area contributed by atoms with Gasteiger partial charge in [-0.1, -0.05) is 42.0 Å². The van der Waals surface area contributed by atoms with E-state index in [0.29, 0.717) is 17.9 Å². The molecular weight excluding hydrogens is 440 g/mol. The van der Waals surface area contributed by atoms with E-state index in [9.17, 15) is 4.79 Å². The number of rotatable bonds is 7. The van der Waals surface area contributed by atoms with Gasteiger partial charge in [-0.05, 0) is 48.7 Å². The Balaban J connectivity index is 1.31. The van der Waals surface area contributed by atoms with Crippen molar-refractivity contribution in [3.05, 3.63) is 90.0 Å². The molecule has 0 aliphatic rings. The summed E-state index contributed by atoms with van der Waals surface area (Å²) in [6.45, 7) is 4.63. The number of anilines is 1. The molecule has 8 nitrogen and oxygen atoms in total. The van der Waals surface area contributed by atoms with Crippen LogP contribution in [0.25, 0.3) is 22.2 Å². The quantitative estimate of drug-likeness (QED) is 0.379. The molecule has 0 bridgehead atoms. The highest BCUT2D eigenvalue weighted by Gasteiger charge is 2.16. The maximum Gasteiger partial charge on any atom is 0.246 e. The molecule has 5 aromatic rings. The molecule has 5 rings (SSSR count). The van der Waals surface area contributed by atoms with Gasteiger partial charge in [-0.15, -0.1) is 0 Å². The van der Waals surface area contributed by atoms with Crippen LogP contribution in [0.4, 0.5) is 5.69 Å². The van der Waals surface area contributed by atoms with E-state index in [1.807, 2.05) is 37.3 Å². The second-order valence-corrected chi connectivity index (χ2v) is 8.49. The summed E-state index contributed by atoms with van der Waals surface area (Å²) in [6, 6.07) is 18.2. The van der Waals surface area contributed by atoms with Crippen molar-refractivity contribution in [2.24, 2.45) is 0 Å².